The number of guanidine groups is 1. The van der Waals surface area contributed by atoms with Crippen LogP contribution < -0.4 is 0 Å². The molecule has 0 spiro atoms. The smallest absolute Gasteiger partial charge is 0.217 e. The number of halogens is 1. The number of Topliss-reactive ketones (excluding diaryl/α,β-unsaturated/α-hetero) is 1. The highest BCUT2D eigenvalue weighted by Gasteiger charge is 2.33. The molecule has 0 amide bonds. The molecule has 0 fully saturated rings. The highest BCUT2D eigenvalue weighted by atomic mass is 79.9. The summed E-state index contributed by atoms with van der Waals surface area (Å²) >= 11 is 3.42. The molecule has 0 aromatic heterocycles. The summed E-state index contributed by atoms with van der Waals surface area (Å²) in [5.74, 6) is 0.921. The van der Waals surface area contributed by atoms with Gasteiger partial charge < -0.3 is 4.90 Å². The number of likely N-dealkylation sites (N-methyl/N-ethyl adjacent to an activating group) is 1. The first-order valence-electron chi connectivity index (χ1n) is 8.60. The van der Waals surface area contributed by atoms with E-state index in [0.29, 0.717) is 12.0 Å². The first-order chi connectivity index (χ1) is 12.6. The van der Waals surface area contributed by atoms with Crippen molar-refractivity contribution in [2.45, 2.75) is 12.5 Å². The molecule has 2 aromatic carbocycles. The van der Waals surface area contributed by atoms with E-state index in [1.54, 1.807) is 0 Å². The Labute approximate surface area is 161 Å². The predicted octanol–water partition coefficient (Wildman–Crippen LogP) is 3.71. The van der Waals surface area contributed by atoms with E-state index in [0.717, 1.165) is 34.6 Å². The molecule has 2 aliphatic rings. The number of hydrazone groups is 1. The van der Waals surface area contributed by atoms with Gasteiger partial charge in [0.25, 0.3) is 0 Å². The van der Waals surface area contributed by atoms with E-state index in [2.05, 4.69) is 37.0 Å². The van der Waals surface area contributed by atoms with E-state index in [1.165, 1.54) is 0 Å². The lowest BCUT2D eigenvalue weighted by atomic mass is 9.93. The molecule has 1 unspecified atom stereocenters. The lowest BCUT2D eigenvalue weighted by Crippen LogP contribution is -2.41. The molecular formula is C20H19BrN4O. The van der Waals surface area contributed by atoms with Gasteiger partial charge in [0.05, 0.1) is 18.8 Å². The second-order valence-electron chi connectivity index (χ2n) is 6.47. The van der Waals surface area contributed by atoms with E-state index < -0.39 is 0 Å². The number of carbonyl (C=O) groups excluding carboxylic acids is 1. The fraction of sp³-hybridized carbons (Fsp3) is 0.250. The molecular weight excluding hydrogens is 392 g/mol. The van der Waals surface area contributed by atoms with Crippen molar-refractivity contribution in [3.8, 4) is 0 Å². The third-order valence-corrected chi connectivity index (χ3v) is 5.28. The summed E-state index contributed by atoms with van der Waals surface area (Å²) in [5, 5.41) is 6.52. The summed E-state index contributed by atoms with van der Waals surface area (Å²) < 4.78 is 0.963. The summed E-state index contributed by atoms with van der Waals surface area (Å²) in [7, 11) is 2.01. The highest BCUT2D eigenvalue weighted by molar-refractivity contribution is 9.10. The minimum Gasteiger partial charge on any atom is -0.343 e. The maximum atomic E-state index is 12.9. The molecule has 2 heterocycles. The van der Waals surface area contributed by atoms with Gasteiger partial charge >= 0.3 is 0 Å². The van der Waals surface area contributed by atoms with Crippen LogP contribution in [-0.4, -0.2) is 48.0 Å². The van der Waals surface area contributed by atoms with Crippen LogP contribution in [-0.2, 0) is 0 Å². The Morgan fingerprint density at radius 3 is 2.69 bits per heavy atom. The van der Waals surface area contributed by atoms with Crippen molar-refractivity contribution < 1.29 is 4.79 Å². The third kappa shape index (κ3) is 3.17. The first-order valence-corrected chi connectivity index (χ1v) is 9.39. The van der Waals surface area contributed by atoms with Crippen LogP contribution in [0, 0.1) is 0 Å². The molecule has 26 heavy (non-hydrogen) atoms. The van der Waals surface area contributed by atoms with Crippen LogP contribution in [0.4, 0.5) is 0 Å². The van der Waals surface area contributed by atoms with E-state index in [1.807, 2.05) is 60.7 Å². The number of nitrogens with zero attached hydrogens (tertiary/aromatic N) is 4. The zero-order valence-electron chi connectivity index (χ0n) is 14.5. The van der Waals surface area contributed by atoms with E-state index >= 15 is 0 Å². The van der Waals surface area contributed by atoms with E-state index in [-0.39, 0.29) is 11.8 Å². The lowest BCUT2D eigenvalue weighted by molar-refractivity contribution is 0.0946. The number of carbonyl (C=O) groups is 1. The molecule has 0 aliphatic carbocycles. The number of hydrogen-bond donors (Lipinski definition) is 0. The molecule has 0 bridgehead atoms. The summed E-state index contributed by atoms with van der Waals surface area (Å²) in [6.45, 7) is 1.63. The fourth-order valence-corrected chi connectivity index (χ4v) is 3.62. The van der Waals surface area contributed by atoms with Gasteiger partial charge in [-0.15, -0.1) is 0 Å². The van der Waals surface area contributed by atoms with Crippen LogP contribution in [0.15, 0.2) is 63.1 Å². The average molecular weight is 411 g/mol. The number of benzene rings is 2. The minimum absolute atomic E-state index is 0.0978. The predicted molar refractivity (Wildman–Crippen MR) is 107 cm³/mol. The maximum Gasteiger partial charge on any atom is 0.217 e. The van der Waals surface area contributed by atoms with Gasteiger partial charge in [-0.1, -0.05) is 52.3 Å². The van der Waals surface area contributed by atoms with Gasteiger partial charge in [-0.25, -0.2) is 10.0 Å². The van der Waals surface area contributed by atoms with Crippen molar-refractivity contribution in [2.24, 2.45) is 10.1 Å². The number of hydrogen-bond acceptors (Lipinski definition) is 5. The second kappa shape index (κ2) is 7.03. The van der Waals surface area contributed by atoms with Crippen LogP contribution in [0.1, 0.15) is 33.9 Å². The Kier molecular flexibility index (Phi) is 4.59. The second-order valence-corrected chi connectivity index (χ2v) is 7.39. The van der Waals surface area contributed by atoms with Gasteiger partial charge in [0, 0.05) is 30.0 Å². The van der Waals surface area contributed by atoms with Crippen LogP contribution in [0.3, 0.4) is 0 Å². The Hall–Kier alpha value is -2.47. The molecule has 0 saturated carbocycles. The van der Waals surface area contributed by atoms with Crippen molar-refractivity contribution >= 4 is 33.9 Å². The summed E-state index contributed by atoms with van der Waals surface area (Å²) in [5.41, 5.74) is 2.87. The first kappa shape index (κ1) is 17.0. The molecule has 132 valence electrons. The largest absolute Gasteiger partial charge is 0.343 e. The quantitative estimate of drug-likeness (QED) is 0.724. The molecule has 5 nitrogen and oxygen atoms in total. The van der Waals surface area contributed by atoms with E-state index in [4.69, 9.17) is 0 Å². The molecule has 4 rings (SSSR count). The summed E-state index contributed by atoms with van der Waals surface area (Å²) in [4.78, 5) is 19.6. The lowest BCUT2D eigenvalue weighted by Gasteiger charge is -2.34. The Morgan fingerprint density at radius 2 is 1.96 bits per heavy atom. The van der Waals surface area contributed by atoms with Gasteiger partial charge in [0.2, 0.25) is 5.96 Å². The normalized spacial score (nSPS) is 18.7. The van der Waals surface area contributed by atoms with Gasteiger partial charge in [-0.3, -0.25) is 4.79 Å². The molecule has 6 heteroatoms. The zero-order valence-corrected chi connectivity index (χ0v) is 16.1. The monoisotopic (exact) mass is 410 g/mol. The Morgan fingerprint density at radius 1 is 1.19 bits per heavy atom. The fourth-order valence-electron chi connectivity index (χ4n) is 3.35. The van der Waals surface area contributed by atoms with Gasteiger partial charge in [-0.05, 0) is 23.3 Å². The zero-order chi connectivity index (χ0) is 18.1. The third-order valence-electron chi connectivity index (χ3n) is 4.75. The van der Waals surface area contributed by atoms with Crippen LogP contribution in [0.5, 0.6) is 0 Å². The van der Waals surface area contributed by atoms with Gasteiger partial charge in [-0.2, -0.15) is 5.10 Å². The van der Waals surface area contributed by atoms with Crippen LogP contribution in [0.2, 0.25) is 0 Å². The Balaban J connectivity index is 1.68. The number of aliphatic imine (C=N–C) groups is 1. The topological polar surface area (TPSA) is 48.3 Å². The standard InChI is InChI=1S/C20H19BrN4O/c1-24-11-10-22-20(24)25-18(17-5-3-2-4-15(17)13-23-25)12-19(26)14-6-8-16(21)9-7-14/h2-9,13,18H,10-12H2,1H3. The molecule has 0 N–H and O–H groups in total. The van der Waals surface area contributed by atoms with Crippen LogP contribution >= 0.6 is 15.9 Å². The van der Waals surface area contributed by atoms with Gasteiger partial charge in [0.1, 0.15) is 0 Å². The average Bonchev–Trinajstić information content (AvgIpc) is 3.08. The van der Waals surface area contributed by atoms with E-state index in [9.17, 15) is 4.79 Å². The molecule has 2 aromatic rings. The van der Waals surface area contributed by atoms with Crippen molar-refractivity contribution in [1.29, 1.82) is 0 Å². The van der Waals surface area contributed by atoms with Crippen molar-refractivity contribution in [3.05, 3.63) is 69.7 Å². The number of fused-ring (bicyclic) bond motifs is 1. The van der Waals surface area contributed by atoms with Crippen molar-refractivity contribution in [1.82, 2.24) is 9.91 Å². The molecule has 2 aliphatic heterocycles. The van der Waals surface area contributed by atoms with Crippen LogP contribution in [0.25, 0.3) is 0 Å². The molecule has 0 saturated heterocycles. The number of rotatable bonds is 3. The highest BCUT2D eigenvalue weighted by Crippen LogP contribution is 2.33. The molecule has 1 atom stereocenters. The minimum atomic E-state index is -0.161. The number of ketones is 1. The Bertz CT molecular complexity index is 891. The maximum absolute atomic E-state index is 12.9. The summed E-state index contributed by atoms with van der Waals surface area (Å²) in [6.07, 6.45) is 2.20. The van der Waals surface area contributed by atoms with Gasteiger partial charge in [0.15, 0.2) is 5.78 Å². The van der Waals surface area contributed by atoms with Crippen molar-refractivity contribution in [3.63, 3.8) is 0 Å². The molecule has 0 radical (unpaired) electrons. The van der Waals surface area contributed by atoms with Crippen molar-refractivity contribution in [2.75, 3.05) is 20.1 Å². The SMILES string of the molecule is CN1CCN=C1N1N=Cc2ccccc2C1CC(=O)c1ccc(Br)cc1. The summed E-state index contributed by atoms with van der Waals surface area (Å²) in [6, 6.07) is 15.4.